The predicted molar refractivity (Wildman–Crippen MR) is 50.4 cm³/mol. The lowest BCUT2D eigenvalue weighted by Crippen LogP contribution is -2.37. The van der Waals surface area contributed by atoms with E-state index < -0.39 is 18.3 Å². The van der Waals surface area contributed by atoms with Gasteiger partial charge < -0.3 is 12.9 Å². The summed E-state index contributed by atoms with van der Waals surface area (Å²) in [6.45, 7) is -5.35. The first-order valence-corrected chi connectivity index (χ1v) is 4.23. The monoisotopic (exact) mass is 214 g/mol. The van der Waals surface area contributed by atoms with Crippen LogP contribution in [0.5, 0.6) is 0 Å². The number of aromatic nitrogens is 1. The van der Waals surface area contributed by atoms with Crippen molar-refractivity contribution in [3.63, 3.8) is 0 Å². The van der Waals surface area contributed by atoms with Gasteiger partial charge in [0.2, 0.25) is 0 Å². The van der Waals surface area contributed by atoms with Gasteiger partial charge in [-0.05, 0) is 12.1 Å². The highest BCUT2D eigenvalue weighted by molar-refractivity contribution is 6.73. The van der Waals surface area contributed by atoms with E-state index in [4.69, 9.17) is 0 Å². The van der Waals surface area contributed by atoms with Crippen molar-refractivity contribution >= 4 is 23.3 Å². The average molecular weight is 214 g/mol. The van der Waals surface area contributed by atoms with Crippen LogP contribution in [-0.4, -0.2) is 12.0 Å². The van der Waals surface area contributed by atoms with Crippen molar-refractivity contribution in [2.45, 2.75) is 0 Å². The summed E-state index contributed by atoms with van der Waals surface area (Å²) in [6.07, 6.45) is 0.539. The molecule has 0 atom stereocenters. The molecule has 1 aromatic heterocycles. The van der Waals surface area contributed by atoms with E-state index in [1.807, 2.05) is 0 Å². The lowest BCUT2D eigenvalue weighted by atomic mass is 9.80. The van der Waals surface area contributed by atoms with Crippen LogP contribution in [0.3, 0.4) is 0 Å². The Bertz CT molecular complexity index is 509. The molecule has 0 aliphatic carbocycles. The van der Waals surface area contributed by atoms with E-state index >= 15 is 0 Å². The molecule has 78 valence electrons. The summed E-state index contributed by atoms with van der Waals surface area (Å²) in [6, 6.07) is 5.81. The van der Waals surface area contributed by atoms with E-state index in [2.05, 4.69) is 4.98 Å². The molecule has 0 amide bonds. The fourth-order valence-corrected chi connectivity index (χ4v) is 1.35. The Balaban J connectivity index is 2.76. The molecule has 0 bridgehead atoms. The van der Waals surface area contributed by atoms with Crippen molar-refractivity contribution in [1.82, 2.24) is 4.98 Å². The van der Waals surface area contributed by atoms with Gasteiger partial charge in [-0.2, -0.15) is 0 Å². The second kappa shape index (κ2) is 3.22. The highest BCUT2D eigenvalue weighted by Crippen LogP contribution is 2.18. The molecule has 0 saturated carbocycles. The van der Waals surface area contributed by atoms with Gasteiger partial charge in [-0.1, -0.05) is 17.6 Å². The van der Waals surface area contributed by atoms with Crippen LogP contribution in [0.4, 0.5) is 17.3 Å². The standard InChI is InChI=1S/C9H5BF4N/c11-9-6-3-1-2-4-8(6)15-5-7(9)10(12,13)14/h1-5H/q-1. The maximum absolute atomic E-state index is 13.4. The Hall–Kier alpha value is -1.59. The summed E-state index contributed by atoms with van der Waals surface area (Å²) in [5, 5.41) is -0.103. The number of benzene rings is 1. The molecule has 15 heavy (non-hydrogen) atoms. The van der Waals surface area contributed by atoms with Gasteiger partial charge in [-0.25, -0.2) is 4.39 Å². The Morgan fingerprint density at radius 2 is 1.73 bits per heavy atom. The maximum Gasteiger partial charge on any atom is 0.514 e. The molecule has 1 heterocycles. The van der Waals surface area contributed by atoms with E-state index in [0.717, 1.165) is 0 Å². The Morgan fingerprint density at radius 3 is 2.40 bits per heavy atom. The molecule has 0 saturated heterocycles. The van der Waals surface area contributed by atoms with Crippen molar-refractivity contribution in [2.75, 3.05) is 0 Å². The summed E-state index contributed by atoms with van der Waals surface area (Å²) in [4.78, 5) is 3.56. The molecule has 0 aliphatic rings. The van der Waals surface area contributed by atoms with E-state index in [1.54, 1.807) is 6.07 Å². The molecule has 1 aromatic carbocycles. The van der Waals surface area contributed by atoms with Crippen LogP contribution >= 0.6 is 0 Å². The SMILES string of the molecule is Fc1c([B-](F)(F)F)cnc2ccccc12. The number of halogens is 4. The molecule has 0 aliphatic heterocycles. The molecule has 0 N–H and O–H groups in total. The first-order chi connectivity index (χ1) is 7.00. The van der Waals surface area contributed by atoms with Gasteiger partial charge in [-0.3, -0.25) is 4.98 Å². The lowest BCUT2D eigenvalue weighted by molar-refractivity contribution is 0.494. The summed E-state index contributed by atoms with van der Waals surface area (Å²) in [5.74, 6) is -1.24. The molecule has 0 spiro atoms. The normalized spacial score (nSPS) is 12.0. The molecule has 6 heteroatoms. The summed E-state index contributed by atoms with van der Waals surface area (Å²) in [5.41, 5.74) is -1.05. The second-order valence-electron chi connectivity index (χ2n) is 3.12. The lowest BCUT2D eigenvalue weighted by Gasteiger charge is -2.15. The van der Waals surface area contributed by atoms with E-state index in [-0.39, 0.29) is 10.9 Å². The van der Waals surface area contributed by atoms with Crippen molar-refractivity contribution in [3.05, 3.63) is 36.3 Å². The van der Waals surface area contributed by atoms with Crippen LogP contribution in [0.15, 0.2) is 30.5 Å². The van der Waals surface area contributed by atoms with Crippen LogP contribution in [0.2, 0.25) is 0 Å². The number of nitrogens with zero attached hydrogens (tertiary/aromatic N) is 1. The number of fused-ring (bicyclic) bond motifs is 1. The largest absolute Gasteiger partial charge is 0.514 e. The second-order valence-corrected chi connectivity index (χ2v) is 3.12. The molecular formula is C9H5BF4N-. The number of hydrogen-bond acceptors (Lipinski definition) is 1. The highest BCUT2D eigenvalue weighted by Gasteiger charge is 2.30. The van der Waals surface area contributed by atoms with Crippen molar-refractivity contribution in [1.29, 1.82) is 0 Å². The zero-order chi connectivity index (χ0) is 11.1. The van der Waals surface area contributed by atoms with Gasteiger partial charge in [0.15, 0.2) is 0 Å². The molecule has 1 nitrogen and oxygen atoms in total. The number of pyridine rings is 1. The van der Waals surface area contributed by atoms with E-state index in [1.165, 1.54) is 18.2 Å². The van der Waals surface area contributed by atoms with Gasteiger partial charge >= 0.3 is 6.98 Å². The Morgan fingerprint density at radius 1 is 1.07 bits per heavy atom. The van der Waals surface area contributed by atoms with Crippen LogP contribution in [0.1, 0.15) is 0 Å². The topological polar surface area (TPSA) is 12.9 Å². The van der Waals surface area contributed by atoms with Gasteiger partial charge in [0.05, 0.1) is 5.52 Å². The molecule has 2 rings (SSSR count). The van der Waals surface area contributed by atoms with Gasteiger partial charge in [0.25, 0.3) is 0 Å². The van der Waals surface area contributed by atoms with Crippen LogP contribution in [0.25, 0.3) is 10.9 Å². The van der Waals surface area contributed by atoms with Crippen molar-refractivity contribution in [3.8, 4) is 0 Å². The van der Waals surface area contributed by atoms with Crippen LogP contribution in [0, 0.1) is 5.82 Å². The zero-order valence-corrected chi connectivity index (χ0v) is 7.42. The van der Waals surface area contributed by atoms with Crippen LogP contribution in [-0.2, 0) is 0 Å². The van der Waals surface area contributed by atoms with E-state index in [0.29, 0.717) is 6.20 Å². The molecular weight excluding hydrogens is 209 g/mol. The van der Waals surface area contributed by atoms with Gasteiger partial charge in [0.1, 0.15) is 5.82 Å². The number of hydrogen-bond donors (Lipinski definition) is 0. The van der Waals surface area contributed by atoms with E-state index in [9.17, 15) is 17.3 Å². The average Bonchev–Trinajstić information content (AvgIpc) is 2.16. The third-order valence-electron chi connectivity index (χ3n) is 2.09. The number of rotatable bonds is 1. The minimum atomic E-state index is -5.35. The predicted octanol–water partition coefficient (Wildman–Crippen LogP) is 2.43. The summed E-state index contributed by atoms with van der Waals surface area (Å²) in [7, 11) is 0. The minimum Gasteiger partial charge on any atom is -0.445 e. The quantitative estimate of drug-likeness (QED) is 0.524. The highest BCUT2D eigenvalue weighted by atomic mass is 19.4. The molecule has 0 radical (unpaired) electrons. The van der Waals surface area contributed by atoms with Gasteiger partial charge in [0, 0.05) is 11.6 Å². The smallest absolute Gasteiger partial charge is 0.445 e. The van der Waals surface area contributed by atoms with Crippen LogP contribution < -0.4 is 5.46 Å². The third kappa shape index (κ3) is 1.67. The zero-order valence-electron chi connectivity index (χ0n) is 7.42. The third-order valence-corrected chi connectivity index (χ3v) is 2.09. The Labute approximate surface area is 82.8 Å². The fraction of sp³-hybridized carbons (Fsp3) is 0. The number of para-hydroxylation sites is 1. The van der Waals surface area contributed by atoms with Gasteiger partial charge in [-0.15, -0.1) is 0 Å². The minimum absolute atomic E-state index is 0.103. The fourth-order valence-electron chi connectivity index (χ4n) is 1.35. The first-order valence-electron chi connectivity index (χ1n) is 4.23. The maximum atomic E-state index is 13.4. The van der Waals surface area contributed by atoms with Crippen molar-refractivity contribution in [2.24, 2.45) is 0 Å². The molecule has 0 fully saturated rings. The van der Waals surface area contributed by atoms with Crippen molar-refractivity contribution < 1.29 is 17.3 Å². The summed E-state index contributed by atoms with van der Waals surface area (Å²) < 4.78 is 50.5. The molecule has 2 aromatic rings. The Kier molecular flexibility index (Phi) is 2.14. The molecule has 0 unspecified atom stereocenters. The first kappa shape index (κ1) is 9.95. The summed E-state index contributed by atoms with van der Waals surface area (Å²) >= 11 is 0.